The van der Waals surface area contributed by atoms with Gasteiger partial charge in [0.15, 0.2) is 0 Å². The fraction of sp³-hybridized carbons (Fsp3) is 0.538. The van der Waals surface area contributed by atoms with Gasteiger partial charge in [-0.15, -0.1) is 11.3 Å². The monoisotopic (exact) mass is 267 g/mol. The second-order valence-electron chi connectivity index (χ2n) is 4.66. The fourth-order valence-electron chi connectivity index (χ4n) is 2.19. The number of thiophene rings is 1. The lowest BCUT2D eigenvalue weighted by molar-refractivity contribution is -0.139. The van der Waals surface area contributed by atoms with Gasteiger partial charge in [-0.3, -0.25) is 9.59 Å². The van der Waals surface area contributed by atoms with Gasteiger partial charge in [0.1, 0.15) is 6.54 Å². The average molecular weight is 267 g/mol. The summed E-state index contributed by atoms with van der Waals surface area (Å²) in [5.74, 6) is 0.0932. The Morgan fingerprint density at radius 1 is 1.56 bits per heavy atom. The van der Waals surface area contributed by atoms with Crippen molar-refractivity contribution >= 4 is 23.2 Å². The number of esters is 1. The molecule has 1 amide bonds. The van der Waals surface area contributed by atoms with Crippen LogP contribution in [0.4, 0.5) is 0 Å². The molecule has 1 N–H and O–H groups in total. The maximum absolute atomic E-state index is 12.0. The van der Waals surface area contributed by atoms with E-state index >= 15 is 0 Å². The number of ether oxygens (including phenoxy) is 1. The van der Waals surface area contributed by atoms with E-state index in [0.717, 1.165) is 24.8 Å². The molecule has 0 radical (unpaired) electrons. The molecule has 1 heterocycles. The smallest absolute Gasteiger partial charge is 0.325 e. The number of fused-ring (bicyclic) bond motifs is 1. The summed E-state index contributed by atoms with van der Waals surface area (Å²) in [6, 6.07) is 0. The summed E-state index contributed by atoms with van der Waals surface area (Å²) in [7, 11) is 1.31. The molecule has 0 spiro atoms. The zero-order chi connectivity index (χ0) is 13.1. The molecule has 5 heteroatoms. The normalized spacial score (nSPS) is 18.0. The van der Waals surface area contributed by atoms with Gasteiger partial charge in [0.25, 0.3) is 5.91 Å². The third-order valence-electron chi connectivity index (χ3n) is 3.27. The highest BCUT2D eigenvalue weighted by Gasteiger charge is 2.23. The fourth-order valence-corrected chi connectivity index (χ4v) is 3.43. The van der Waals surface area contributed by atoms with Crippen molar-refractivity contribution in [1.29, 1.82) is 0 Å². The summed E-state index contributed by atoms with van der Waals surface area (Å²) >= 11 is 1.65. The standard InChI is InChI=1S/C13H17NO3S/c1-8-3-4-9-10(7-18-11(9)5-8)13(16)14-6-12(15)17-2/h7-8H,3-6H2,1-2H3,(H,14,16). The number of rotatable bonds is 3. The Labute approximate surface area is 110 Å². The summed E-state index contributed by atoms with van der Waals surface area (Å²) in [4.78, 5) is 24.3. The molecule has 0 bridgehead atoms. The van der Waals surface area contributed by atoms with Gasteiger partial charge in [-0.1, -0.05) is 6.92 Å². The molecule has 0 fully saturated rings. The van der Waals surface area contributed by atoms with Gasteiger partial charge in [-0.25, -0.2) is 0 Å². The SMILES string of the molecule is COC(=O)CNC(=O)c1csc2c1CCC(C)C2. The van der Waals surface area contributed by atoms with Gasteiger partial charge in [-0.2, -0.15) is 0 Å². The van der Waals surface area contributed by atoms with Gasteiger partial charge < -0.3 is 10.1 Å². The minimum Gasteiger partial charge on any atom is -0.468 e. The number of carbonyl (C=O) groups is 2. The molecular formula is C13H17NO3S. The van der Waals surface area contributed by atoms with Gasteiger partial charge >= 0.3 is 5.97 Å². The number of hydrogen-bond acceptors (Lipinski definition) is 4. The quantitative estimate of drug-likeness (QED) is 0.849. The van der Waals surface area contributed by atoms with Crippen LogP contribution in [-0.4, -0.2) is 25.5 Å². The van der Waals surface area contributed by atoms with Crippen LogP contribution in [0.3, 0.4) is 0 Å². The number of carbonyl (C=O) groups excluding carboxylic acids is 2. The molecule has 1 unspecified atom stereocenters. The maximum Gasteiger partial charge on any atom is 0.325 e. The molecule has 1 atom stereocenters. The first-order valence-corrected chi connectivity index (χ1v) is 6.94. The van der Waals surface area contributed by atoms with Gasteiger partial charge in [0.05, 0.1) is 12.7 Å². The Hall–Kier alpha value is -1.36. The molecule has 1 aliphatic carbocycles. The van der Waals surface area contributed by atoms with Crippen LogP contribution in [0.1, 0.15) is 34.1 Å². The van der Waals surface area contributed by atoms with Crippen LogP contribution in [0.15, 0.2) is 5.38 Å². The third kappa shape index (κ3) is 2.72. The van der Waals surface area contributed by atoms with E-state index in [1.54, 1.807) is 11.3 Å². The number of methoxy groups -OCH3 is 1. The lowest BCUT2D eigenvalue weighted by atomic mass is 9.88. The first kappa shape index (κ1) is 13.1. The average Bonchev–Trinajstić information content (AvgIpc) is 2.78. The highest BCUT2D eigenvalue weighted by atomic mass is 32.1. The molecule has 1 aromatic rings. The Kier molecular flexibility index (Phi) is 4.01. The van der Waals surface area contributed by atoms with Crippen molar-refractivity contribution in [2.75, 3.05) is 13.7 Å². The van der Waals surface area contributed by atoms with Crippen molar-refractivity contribution in [3.05, 3.63) is 21.4 Å². The molecule has 0 saturated heterocycles. The predicted octanol–water partition coefficient (Wildman–Crippen LogP) is 1.78. The van der Waals surface area contributed by atoms with Crippen molar-refractivity contribution in [3.63, 3.8) is 0 Å². The summed E-state index contributed by atoms with van der Waals surface area (Å²) in [6.45, 7) is 2.16. The first-order valence-electron chi connectivity index (χ1n) is 6.06. The highest BCUT2D eigenvalue weighted by Crippen LogP contribution is 2.32. The number of hydrogen-bond donors (Lipinski definition) is 1. The van der Waals surface area contributed by atoms with E-state index < -0.39 is 5.97 Å². The van der Waals surface area contributed by atoms with Crippen LogP contribution in [0, 0.1) is 5.92 Å². The molecule has 1 aromatic heterocycles. The molecule has 18 heavy (non-hydrogen) atoms. The molecule has 2 rings (SSSR count). The largest absolute Gasteiger partial charge is 0.468 e. The summed E-state index contributed by atoms with van der Waals surface area (Å²) in [5, 5.41) is 4.49. The molecule has 0 aliphatic heterocycles. The Bertz CT molecular complexity index is 467. The molecule has 98 valence electrons. The maximum atomic E-state index is 12.0. The van der Waals surface area contributed by atoms with Crippen molar-refractivity contribution < 1.29 is 14.3 Å². The molecular weight excluding hydrogens is 250 g/mol. The van der Waals surface area contributed by atoms with Gasteiger partial charge in [0, 0.05) is 10.3 Å². The van der Waals surface area contributed by atoms with Crippen LogP contribution < -0.4 is 5.32 Å². The summed E-state index contributed by atoms with van der Waals surface area (Å²) < 4.78 is 4.49. The first-order chi connectivity index (χ1) is 8.61. The van der Waals surface area contributed by atoms with Crippen LogP contribution in [0.2, 0.25) is 0 Å². The van der Waals surface area contributed by atoms with E-state index in [9.17, 15) is 9.59 Å². The lowest BCUT2D eigenvalue weighted by Gasteiger charge is -2.18. The minimum atomic E-state index is -0.430. The molecule has 1 aliphatic rings. The molecule has 4 nitrogen and oxygen atoms in total. The zero-order valence-electron chi connectivity index (χ0n) is 10.6. The van der Waals surface area contributed by atoms with E-state index in [2.05, 4.69) is 17.0 Å². The van der Waals surface area contributed by atoms with Crippen molar-refractivity contribution in [3.8, 4) is 0 Å². The van der Waals surface area contributed by atoms with Gasteiger partial charge in [-0.05, 0) is 30.7 Å². The number of nitrogens with one attached hydrogen (secondary N) is 1. The molecule has 0 aromatic carbocycles. The Balaban J connectivity index is 2.05. The van der Waals surface area contributed by atoms with Crippen molar-refractivity contribution in [2.45, 2.75) is 26.2 Å². The topological polar surface area (TPSA) is 55.4 Å². The Morgan fingerprint density at radius 2 is 2.33 bits per heavy atom. The third-order valence-corrected chi connectivity index (χ3v) is 4.32. The summed E-state index contributed by atoms with van der Waals surface area (Å²) in [6.07, 6.45) is 3.15. The number of amides is 1. The highest BCUT2D eigenvalue weighted by molar-refractivity contribution is 7.10. The van der Waals surface area contributed by atoms with Crippen LogP contribution in [0.5, 0.6) is 0 Å². The molecule has 0 saturated carbocycles. The predicted molar refractivity (Wildman–Crippen MR) is 69.9 cm³/mol. The van der Waals surface area contributed by atoms with Crippen molar-refractivity contribution in [1.82, 2.24) is 5.32 Å². The van der Waals surface area contributed by atoms with E-state index in [0.29, 0.717) is 5.92 Å². The lowest BCUT2D eigenvalue weighted by Crippen LogP contribution is -2.30. The Morgan fingerprint density at radius 3 is 3.06 bits per heavy atom. The summed E-state index contributed by atoms with van der Waals surface area (Å²) in [5.41, 5.74) is 1.89. The minimum absolute atomic E-state index is 0.0731. The van der Waals surface area contributed by atoms with Crippen LogP contribution >= 0.6 is 11.3 Å². The van der Waals surface area contributed by atoms with E-state index in [1.165, 1.54) is 17.6 Å². The van der Waals surface area contributed by atoms with E-state index in [1.807, 2.05) is 5.38 Å². The van der Waals surface area contributed by atoms with Gasteiger partial charge in [0.2, 0.25) is 0 Å². The van der Waals surface area contributed by atoms with Crippen LogP contribution in [0.25, 0.3) is 0 Å². The van der Waals surface area contributed by atoms with E-state index in [-0.39, 0.29) is 12.5 Å². The second kappa shape index (κ2) is 5.52. The van der Waals surface area contributed by atoms with E-state index in [4.69, 9.17) is 0 Å². The van der Waals surface area contributed by atoms with Crippen LogP contribution in [-0.2, 0) is 22.4 Å². The second-order valence-corrected chi connectivity index (χ2v) is 5.62. The van der Waals surface area contributed by atoms with Crippen molar-refractivity contribution in [2.24, 2.45) is 5.92 Å². The zero-order valence-corrected chi connectivity index (χ0v) is 11.4.